The van der Waals surface area contributed by atoms with Crippen LogP contribution in [0.4, 0.5) is 0 Å². The third-order valence-corrected chi connectivity index (χ3v) is 2.44. The van der Waals surface area contributed by atoms with Gasteiger partial charge in [-0.25, -0.2) is 9.59 Å². The van der Waals surface area contributed by atoms with E-state index < -0.39 is 11.9 Å². The van der Waals surface area contributed by atoms with Gasteiger partial charge in [-0.1, -0.05) is 24.3 Å². The molecule has 0 aromatic heterocycles. The molecule has 0 aliphatic rings. The van der Waals surface area contributed by atoms with Crippen LogP contribution in [0.25, 0.3) is 0 Å². The maximum atomic E-state index is 11.8. The van der Waals surface area contributed by atoms with Crippen LogP contribution in [0.2, 0.25) is 0 Å². The first kappa shape index (κ1) is 15.8. The van der Waals surface area contributed by atoms with Gasteiger partial charge in [0.15, 0.2) is 0 Å². The molecule has 107 valence electrons. The van der Waals surface area contributed by atoms with Gasteiger partial charge in [-0.3, -0.25) is 0 Å². The van der Waals surface area contributed by atoms with Gasteiger partial charge in [-0.15, -0.1) is 0 Å². The minimum absolute atomic E-state index is 0. The molecule has 0 atom stereocenters. The number of carboxylic acid groups (broad SMARTS) is 1. The number of aromatic carboxylic acids is 1. The summed E-state index contributed by atoms with van der Waals surface area (Å²) in [4.78, 5) is 22.8. The number of phenols is 1. The summed E-state index contributed by atoms with van der Waals surface area (Å²) >= 11 is 0. The van der Waals surface area contributed by atoms with Crippen molar-refractivity contribution < 1.29 is 41.6 Å². The number of esters is 1. The van der Waals surface area contributed by atoms with Crippen molar-refractivity contribution in [3.63, 3.8) is 0 Å². The molecule has 0 saturated carbocycles. The Morgan fingerprint density at radius 2 is 1.45 bits per heavy atom. The average molecular weight is 322 g/mol. The van der Waals surface area contributed by atoms with Gasteiger partial charge in [0.2, 0.25) is 0 Å². The van der Waals surface area contributed by atoms with Crippen molar-refractivity contribution in [2.75, 3.05) is 0 Å². The first-order valence-electron chi connectivity index (χ1n) is 5.42. The number of phenolic OH excluding ortho intramolecular Hbond substituents is 1. The van der Waals surface area contributed by atoms with Crippen LogP contribution in [0.1, 0.15) is 20.7 Å². The molecule has 0 aliphatic carbocycles. The number of carboxylic acids is 1. The van der Waals surface area contributed by atoms with Crippen molar-refractivity contribution >= 4 is 11.9 Å². The Morgan fingerprint density at radius 3 is 2.05 bits per heavy atom. The van der Waals surface area contributed by atoms with Gasteiger partial charge in [-0.05, 0) is 24.3 Å². The second-order valence-corrected chi connectivity index (χ2v) is 3.71. The monoisotopic (exact) mass is 321 g/mol. The normalized spacial score (nSPS) is 9.40. The predicted octanol–water partition coefficient (Wildman–Crippen LogP) is 2.31. The van der Waals surface area contributed by atoms with Gasteiger partial charge < -0.3 is 14.9 Å². The molecule has 0 heterocycles. The summed E-state index contributed by atoms with van der Waals surface area (Å²) in [7, 11) is 0. The first-order valence-corrected chi connectivity index (χ1v) is 5.42. The van der Waals surface area contributed by atoms with E-state index in [9.17, 15) is 14.7 Å². The molecule has 0 aliphatic heterocycles. The van der Waals surface area contributed by atoms with Crippen LogP contribution in [0.3, 0.4) is 0 Å². The Kier molecular flexibility index (Phi) is 5.32. The molecule has 0 fully saturated rings. The summed E-state index contributed by atoms with van der Waals surface area (Å²) in [5, 5.41) is 18.5. The molecule has 2 aromatic rings. The summed E-state index contributed by atoms with van der Waals surface area (Å²) in [6.45, 7) is 0. The van der Waals surface area contributed by atoms with Crippen molar-refractivity contribution in [3.8, 4) is 11.5 Å². The quantitative estimate of drug-likeness (QED) is 0.515. The van der Waals surface area contributed by atoms with Crippen LogP contribution in [0.5, 0.6) is 11.5 Å². The number of ether oxygens (including phenoxy) is 1. The third-order valence-electron chi connectivity index (χ3n) is 2.44. The van der Waals surface area contributed by atoms with Crippen LogP contribution in [-0.4, -0.2) is 22.2 Å². The number of carbonyl (C=O) groups excluding carboxylic acids is 1. The molecular formula is C14H10CuO5. The Morgan fingerprint density at radius 1 is 0.900 bits per heavy atom. The van der Waals surface area contributed by atoms with E-state index in [2.05, 4.69) is 0 Å². The smallest absolute Gasteiger partial charge is 0.347 e. The summed E-state index contributed by atoms with van der Waals surface area (Å²) in [5.74, 6) is -2.30. The molecule has 2 N–H and O–H groups in total. The minimum atomic E-state index is -1.19. The molecule has 2 aromatic carbocycles. The van der Waals surface area contributed by atoms with Crippen LogP contribution in [-0.2, 0) is 17.1 Å². The Balaban J connectivity index is 0.00000200. The van der Waals surface area contributed by atoms with Crippen LogP contribution in [0, 0.1) is 0 Å². The van der Waals surface area contributed by atoms with Gasteiger partial charge in [0, 0.05) is 17.1 Å². The summed E-state index contributed by atoms with van der Waals surface area (Å²) in [5.41, 5.74) is -0.144. The number of hydrogen-bond donors (Lipinski definition) is 2. The fourth-order valence-corrected chi connectivity index (χ4v) is 1.53. The van der Waals surface area contributed by atoms with E-state index in [1.54, 1.807) is 18.2 Å². The number of benzene rings is 2. The molecular weight excluding hydrogens is 312 g/mol. The molecule has 0 bridgehead atoms. The molecule has 0 amide bonds. The number of hydrogen-bond acceptors (Lipinski definition) is 4. The van der Waals surface area contributed by atoms with E-state index >= 15 is 0 Å². The zero-order chi connectivity index (χ0) is 13.8. The van der Waals surface area contributed by atoms with E-state index in [4.69, 9.17) is 9.84 Å². The molecule has 1 radical (unpaired) electrons. The summed E-state index contributed by atoms with van der Waals surface area (Å²) in [6.07, 6.45) is 0. The standard InChI is InChI=1S/C14H10O5.Cu/c15-11-7-3-1-5-9(11)14(18)19-12-8-4-2-6-10(12)13(16)17;/h1-8,15H,(H,16,17);. The maximum Gasteiger partial charge on any atom is 0.347 e. The molecule has 0 saturated heterocycles. The molecule has 0 spiro atoms. The van der Waals surface area contributed by atoms with E-state index in [1.165, 1.54) is 30.3 Å². The van der Waals surface area contributed by atoms with Gasteiger partial charge in [-0.2, -0.15) is 0 Å². The maximum absolute atomic E-state index is 11.8. The molecule has 2 rings (SSSR count). The number of carbonyl (C=O) groups is 2. The Labute approximate surface area is 125 Å². The Bertz CT molecular complexity index is 639. The second kappa shape index (κ2) is 6.75. The van der Waals surface area contributed by atoms with Gasteiger partial charge in [0.25, 0.3) is 0 Å². The van der Waals surface area contributed by atoms with Crippen LogP contribution < -0.4 is 4.74 Å². The fourth-order valence-electron chi connectivity index (χ4n) is 1.53. The van der Waals surface area contributed by atoms with Crippen molar-refractivity contribution in [1.29, 1.82) is 0 Å². The number of aromatic hydroxyl groups is 1. The predicted molar refractivity (Wildman–Crippen MR) is 66.5 cm³/mol. The molecule has 6 heteroatoms. The third kappa shape index (κ3) is 3.38. The van der Waals surface area contributed by atoms with Crippen molar-refractivity contribution in [3.05, 3.63) is 59.7 Å². The zero-order valence-corrected chi connectivity index (χ0v) is 11.0. The number of para-hydroxylation sites is 2. The number of rotatable bonds is 3. The molecule has 5 nitrogen and oxygen atoms in total. The van der Waals surface area contributed by atoms with Crippen molar-refractivity contribution in [1.82, 2.24) is 0 Å². The fraction of sp³-hybridized carbons (Fsp3) is 0. The first-order chi connectivity index (χ1) is 9.09. The largest absolute Gasteiger partial charge is 0.507 e. The van der Waals surface area contributed by atoms with Crippen molar-refractivity contribution in [2.45, 2.75) is 0 Å². The molecule has 20 heavy (non-hydrogen) atoms. The van der Waals surface area contributed by atoms with Gasteiger partial charge >= 0.3 is 11.9 Å². The van der Waals surface area contributed by atoms with E-state index in [0.717, 1.165) is 0 Å². The SMILES string of the molecule is O=C(Oc1ccccc1C(=O)O)c1ccccc1O.[Cu]. The second-order valence-electron chi connectivity index (χ2n) is 3.71. The van der Waals surface area contributed by atoms with Gasteiger partial charge in [0.05, 0.1) is 0 Å². The summed E-state index contributed by atoms with van der Waals surface area (Å²) in [6, 6.07) is 11.7. The topological polar surface area (TPSA) is 83.8 Å². The van der Waals surface area contributed by atoms with E-state index in [-0.39, 0.29) is 39.7 Å². The minimum Gasteiger partial charge on any atom is -0.507 e. The summed E-state index contributed by atoms with van der Waals surface area (Å²) < 4.78 is 4.99. The van der Waals surface area contributed by atoms with Crippen LogP contribution in [0.15, 0.2) is 48.5 Å². The Hall–Kier alpha value is -2.30. The van der Waals surface area contributed by atoms with Gasteiger partial charge in [0.1, 0.15) is 22.6 Å². The average Bonchev–Trinajstić information content (AvgIpc) is 2.39. The van der Waals surface area contributed by atoms with E-state index in [0.29, 0.717) is 0 Å². The van der Waals surface area contributed by atoms with E-state index in [1.807, 2.05) is 0 Å². The van der Waals surface area contributed by atoms with Crippen molar-refractivity contribution in [2.24, 2.45) is 0 Å². The molecule has 0 unspecified atom stereocenters. The zero-order valence-electron chi connectivity index (χ0n) is 10.0. The van der Waals surface area contributed by atoms with Crippen LogP contribution >= 0.6 is 0 Å².